The summed E-state index contributed by atoms with van der Waals surface area (Å²) in [4.78, 5) is 8.74. The van der Waals surface area contributed by atoms with Gasteiger partial charge in [0, 0.05) is 21.1 Å². The van der Waals surface area contributed by atoms with Crippen LogP contribution in [0.2, 0.25) is 0 Å². The lowest BCUT2D eigenvalue weighted by Crippen LogP contribution is -2.01. The molecule has 2 aromatic heterocycles. The molecule has 0 unspecified atom stereocenters. The summed E-state index contributed by atoms with van der Waals surface area (Å²) in [6.07, 6.45) is 0. The monoisotopic (exact) mass is 409 g/mol. The van der Waals surface area contributed by atoms with Gasteiger partial charge in [-0.3, -0.25) is 0 Å². The van der Waals surface area contributed by atoms with E-state index >= 15 is 0 Å². The fraction of sp³-hybridized carbons (Fsp3) is 0.105. The second kappa shape index (κ2) is 6.42. The Morgan fingerprint density at radius 3 is 2.65 bits per heavy atom. The average Bonchev–Trinajstić information content (AvgIpc) is 2.93. The predicted molar refractivity (Wildman–Crippen MR) is 106 cm³/mol. The van der Waals surface area contributed by atoms with Crippen LogP contribution < -0.4 is 11.1 Å². The molecule has 0 aliphatic heterocycles. The molecule has 0 bridgehead atoms. The van der Waals surface area contributed by atoms with Gasteiger partial charge in [-0.2, -0.15) is 4.98 Å². The van der Waals surface area contributed by atoms with Gasteiger partial charge in [0.2, 0.25) is 5.95 Å². The smallest absolute Gasteiger partial charge is 0.222 e. The SMILES string of the molecule is Cc1noc(C)c1-c1ccc2nc(N)nc(Nc3cccc(Br)c3)c2c1. The number of nitrogens with two attached hydrogens (primary N) is 1. The van der Waals surface area contributed by atoms with Crippen molar-refractivity contribution in [1.82, 2.24) is 15.1 Å². The zero-order valence-corrected chi connectivity index (χ0v) is 15.8. The molecule has 130 valence electrons. The molecule has 2 aromatic carbocycles. The van der Waals surface area contributed by atoms with Crippen LogP contribution in [0.3, 0.4) is 0 Å². The molecule has 0 fully saturated rings. The van der Waals surface area contributed by atoms with Gasteiger partial charge in [0.15, 0.2) is 0 Å². The number of halogens is 1. The van der Waals surface area contributed by atoms with Gasteiger partial charge in [0.25, 0.3) is 0 Å². The number of benzene rings is 2. The third-order valence-electron chi connectivity index (χ3n) is 4.12. The van der Waals surface area contributed by atoms with Crippen molar-refractivity contribution in [2.45, 2.75) is 13.8 Å². The first kappa shape index (κ1) is 16.5. The van der Waals surface area contributed by atoms with Crippen LogP contribution in [0, 0.1) is 13.8 Å². The van der Waals surface area contributed by atoms with Gasteiger partial charge in [0.05, 0.1) is 11.2 Å². The van der Waals surface area contributed by atoms with E-state index in [0.29, 0.717) is 5.82 Å². The van der Waals surface area contributed by atoms with Crippen molar-refractivity contribution in [3.63, 3.8) is 0 Å². The number of nitrogens with one attached hydrogen (secondary N) is 1. The molecule has 0 saturated heterocycles. The molecule has 0 atom stereocenters. The van der Waals surface area contributed by atoms with Gasteiger partial charge in [-0.25, -0.2) is 4.98 Å². The van der Waals surface area contributed by atoms with E-state index in [-0.39, 0.29) is 5.95 Å². The highest BCUT2D eigenvalue weighted by molar-refractivity contribution is 9.10. The fourth-order valence-electron chi connectivity index (χ4n) is 3.00. The highest BCUT2D eigenvalue weighted by Crippen LogP contribution is 2.32. The number of nitrogen functional groups attached to an aromatic ring is 1. The summed E-state index contributed by atoms with van der Waals surface area (Å²) in [6, 6.07) is 13.8. The summed E-state index contributed by atoms with van der Waals surface area (Å²) in [7, 11) is 0. The maximum absolute atomic E-state index is 5.89. The normalized spacial score (nSPS) is 11.0. The molecule has 0 saturated carbocycles. The molecule has 0 aliphatic rings. The number of rotatable bonds is 3. The van der Waals surface area contributed by atoms with Crippen molar-refractivity contribution in [1.29, 1.82) is 0 Å². The van der Waals surface area contributed by atoms with Gasteiger partial charge < -0.3 is 15.6 Å². The van der Waals surface area contributed by atoms with E-state index < -0.39 is 0 Å². The number of fused-ring (bicyclic) bond motifs is 1. The van der Waals surface area contributed by atoms with Crippen molar-refractivity contribution in [3.8, 4) is 11.1 Å². The topological polar surface area (TPSA) is 89.9 Å². The molecular formula is C19H16BrN5O. The number of aryl methyl sites for hydroxylation is 2. The lowest BCUT2D eigenvalue weighted by molar-refractivity contribution is 0.393. The molecular weight excluding hydrogens is 394 g/mol. The van der Waals surface area contributed by atoms with Crippen LogP contribution in [0.15, 0.2) is 51.5 Å². The maximum Gasteiger partial charge on any atom is 0.222 e. The third-order valence-corrected chi connectivity index (χ3v) is 4.62. The van der Waals surface area contributed by atoms with Crippen LogP contribution in [0.5, 0.6) is 0 Å². The Bertz CT molecular complexity index is 1100. The second-order valence-corrected chi connectivity index (χ2v) is 6.91. The van der Waals surface area contributed by atoms with E-state index in [1.54, 1.807) is 0 Å². The van der Waals surface area contributed by atoms with Crippen molar-refractivity contribution in [3.05, 3.63) is 58.4 Å². The summed E-state index contributed by atoms with van der Waals surface area (Å²) in [5.41, 5.74) is 10.4. The summed E-state index contributed by atoms with van der Waals surface area (Å²) in [5.74, 6) is 1.65. The van der Waals surface area contributed by atoms with E-state index in [2.05, 4.69) is 36.4 Å². The molecule has 4 aromatic rings. The number of hydrogen-bond donors (Lipinski definition) is 2. The average molecular weight is 410 g/mol. The summed E-state index contributed by atoms with van der Waals surface area (Å²) in [5, 5.41) is 8.24. The third kappa shape index (κ3) is 3.01. The second-order valence-electron chi connectivity index (χ2n) is 6.00. The molecule has 4 rings (SSSR count). The maximum atomic E-state index is 5.89. The minimum atomic E-state index is 0.222. The minimum absolute atomic E-state index is 0.222. The number of nitrogens with zero attached hydrogens (tertiary/aromatic N) is 3. The molecule has 26 heavy (non-hydrogen) atoms. The first-order chi connectivity index (χ1) is 12.5. The Morgan fingerprint density at radius 2 is 1.92 bits per heavy atom. The Hall–Kier alpha value is -2.93. The molecule has 3 N–H and O–H groups in total. The Kier molecular flexibility index (Phi) is 4.08. The molecule has 0 amide bonds. The van der Waals surface area contributed by atoms with Crippen molar-refractivity contribution >= 4 is 44.3 Å². The molecule has 7 heteroatoms. The van der Waals surface area contributed by atoms with Crippen LogP contribution in [-0.2, 0) is 0 Å². The van der Waals surface area contributed by atoms with Gasteiger partial charge in [0.1, 0.15) is 11.6 Å². The fourth-order valence-corrected chi connectivity index (χ4v) is 3.39. The van der Waals surface area contributed by atoms with Crippen molar-refractivity contribution < 1.29 is 4.52 Å². The van der Waals surface area contributed by atoms with Crippen LogP contribution in [-0.4, -0.2) is 15.1 Å². The highest BCUT2D eigenvalue weighted by Gasteiger charge is 2.14. The quantitative estimate of drug-likeness (QED) is 0.495. The lowest BCUT2D eigenvalue weighted by atomic mass is 10.0. The number of anilines is 3. The lowest BCUT2D eigenvalue weighted by Gasteiger charge is -2.11. The summed E-state index contributed by atoms with van der Waals surface area (Å²) < 4.78 is 6.27. The van der Waals surface area contributed by atoms with Crippen molar-refractivity contribution in [2.24, 2.45) is 0 Å². The number of aromatic nitrogens is 3. The Balaban J connectivity index is 1.87. The summed E-state index contributed by atoms with van der Waals surface area (Å²) in [6.45, 7) is 3.83. The van der Waals surface area contributed by atoms with Gasteiger partial charge in [-0.1, -0.05) is 33.2 Å². The molecule has 2 heterocycles. The van der Waals surface area contributed by atoms with E-state index in [0.717, 1.165) is 43.6 Å². The van der Waals surface area contributed by atoms with Gasteiger partial charge >= 0.3 is 0 Å². The van der Waals surface area contributed by atoms with Crippen LogP contribution >= 0.6 is 15.9 Å². The van der Waals surface area contributed by atoms with Crippen LogP contribution in [0.25, 0.3) is 22.0 Å². The first-order valence-electron chi connectivity index (χ1n) is 8.04. The summed E-state index contributed by atoms with van der Waals surface area (Å²) >= 11 is 3.48. The molecule has 0 radical (unpaired) electrons. The largest absolute Gasteiger partial charge is 0.368 e. The zero-order valence-electron chi connectivity index (χ0n) is 14.2. The van der Waals surface area contributed by atoms with Crippen LogP contribution in [0.1, 0.15) is 11.5 Å². The van der Waals surface area contributed by atoms with Gasteiger partial charge in [-0.05, 0) is 49.7 Å². The Labute approximate surface area is 158 Å². The van der Waals surface area contributed by atoms with E-state index in [9.17, 15) is 0 Å². The van der Waals surface area contributed by atoms with Crippen molar-refractivity contribution in [2.75, 3.05) is 11.1 Å². The Morgan fingerprint density at radius 1 is 1.08 bits per heavy atom. The zero-order chi connectivity index (χ0) is 18.3. The standard InChI is InChI=1S/C19H16BrN5O/c1-10-17(11(2)26-25-10)12-6-7-16-15(8-12)18(24-19(21)23-16)22-14-5-3-4-13(20)9-14/h3-9H,1-2H3,(H3,21,22,23,24). The van der Waals surface area contributed by atoms with Crippen LogP contribution in [0.4, 0.5) is 17.5 Å². The number of hydrogen-bond acceptors (Lipinski definition) is 6. The molecule has 0 spiro atoms. The molecule has 6 nitrogen and oxygen atoms in total. The van der Waals surface area contributed by atoms with E-state index in [1.807, 2.05) is 56.3 Å². The first-order valence-corrected chi connectivity index (χ1v) is 8.83. The van der Waals surface area contributed by atoms with Gasteiger partial charge in [-0.15, -0.1) is 0 Å². The van der Waals surface area contributed by atoms with E-state index in [1.165, 1.54) is 0 Å². The highest BCUT2D eigenvalue weighted by atomic mass is 79.9. The minimum Gasteiger partial charge on any atom is -0.368 e. The van der Waals surface area contributed by atoms with E-state index in [4.69, 9.17) is 10.3 Å². The predicted octanol–water partition coefficient (Wildman–Crippen LogP) is 4.99. The molecule has 0 aliphatic carbocycles.